The van der Waals surface area contributed by atoms with E-state index in [1.165, 1.54) is 0 Å². The van der Waals surface area contributed by atoms with E-state index >= 15 is 0 Å². The van der Waals surface area contributed by atoms with Crippen LogP contribution in [0, 0.1) is 6.92 Å². The van der Waals surface area contributed by atoms with Crippen LogP contribution in [0.4, 0.5) is 0 Å². The average molecular weight is 229 g/mol. The maximum absolute atomic E-state index is 11.7. The van der Waals surface area contributed by atoms with E-state index in [0.717, 1.165) is 5.56 Å². The van der Waals surface area contributed by atoms with Crippen LogP contribution in [0.2, 0.25) is 0 Å². The van der Waals surface area contributed by atoms with Crippen LogP contribution in [-0.2, 0) is 13.7 Å². The number of aromatic nitrogens is 1. The third-order valence-corrected chi connectivity index (χ3v) is 2.70. The summed E-state index contributed by atoms with van der Waals surface area (Å²) in [5.74, 6) is 0.650. The number of ether oxygens (including phenoxy) is 1. The van der Waals surface area contributed by atoms with E-state index in [1.807, 2.05) is 36.4 Å². The van der Waals surface area contributed by atoms with Crippen molar-refractivity contribution in [3.63, 3.8) is 0 Å². The van der Waals surface area contributed by atoms with Crippen molar-refractivity contribution < 1.29 is 4.74 Å². The molecule has 0 saturated carbocycles. The Kier molecular flexibility index (Phi) is 3.28. The molecule has 1 heterocycles. The molecule has 0 aliphatic rings. The average Bonchev–Trinajstić information content (AvgIpc) is 2.36. The van der Waals surface area contributed by atoms with E-state index < -0.39 is 0 Å². The normalized spacial score (nSPS) is 10.2. The second-order valence-electron chi connectivity index (χ2n) is 4.00. The van der Waals surface area contributed by atoms with Gasteiger partial charge in [-0.25, -0.2) is 0 Å². The first kappa shape index (κ1) is 11.5. The van der Waals surface area contributed by atoms with Crippen molar-refractivity contribution in [3.05, 3.63) is 64.1 Å². The molecule has 2 rings (SSSR count). The van der Waals surface area contributed by atoms with Gasteiger partial charge in [-0.3, -0.25) is 4.79 Å². The summed E-state index contributed by atoms with van der Waals surface area (Å²) in [6, 6.07) is 11.7. The van der Waals surface area contributed by atoms with Gasteiger partial charge in [0.1, 0.15) is 12.4 Å². The Morgan fingerprint density at radius 3 is 2.59 bits per heavy atom. The molecule has 1 aromatic heterocycles. The lowest BCUT2D eigenvalue weighted by Gasteiger charge is -2.09. The topological polar surface area (TPSA) is 31.2 Å². The third-order valence-electron chi connectivity index (χ3n) is 2.70. The molecule has 3 nitrogen and oxygen atoms in total. The smallest absolute Gasteiger partial charge is 0.256 e. The van der Waals surface area contributed by atoms with E-state index in [0.29, 0.717) is 17.9 Å². The fourth-order valence-corrected chi connectivity index (χ4v) is 1.63. The Morgan fingerprint density at radius 1 is 1.18 bits per heavy atom. The molecule has 88 valence electrons. The van der Waals surface area contributed by atoms with Crippen LogP contribution < -0.4 is 10.3 Å². The van der Waals surface area contributed by atoms with E-state index in [2.05, 4.69) is 0 Å². The highest BCUT2D eigenvalue weighted by Crippen LogP contribution is 2.14. The first-order chi connectivity index (χ1) is 8.18. The molecule has 0 fully saturated rings. The van der Waals surface area contributed by atoms with Crippen molar-refractivity contribution in [2.24, 2.45) is 7.05 Å². The number of benzene rings is 1. The minimum atomic E-state index is -0.0180. The highest BCUT2D eigenvalue weighted by Gasteiger charge is 2.04. The number of pyridine rings is 1. The van der Waals surface area contributed by atoms with Crippen LogP contribution in [0.15, 0.2) is 47.4 Å². The van der Waals surface area contributed by atoms with Gasteiger partial charge in [0.2, 0.25) is 0 Å². The molecular formula is C14H15NO2. The predicted octanol–water partition coefficient (Wildman–Crippen LogP) is 2.27. The van der Waals surface area contributed by atoms with Crippen LogP contribution in [0.5, 0.6) is 5.75 Å². The zero-order valence-electron chi connectivity index (χ0n) is 10.0. The fourth-order valence-electron chi connectivity index (χ4n) is 1.63. The molecule has 0 aliphatic heterocycles. The van der Waals surface area contributed by atoms with Crippen LogP contribution in [0.1, 0.15) is 11.1 Å². The SMILES string of the molecule is Cc1c(OCc2ccccc2)ccn(C)c1=O. The summed E-state index contributed by atoms with van der Waals surface area (Å²) < 4.78 is 7.19. The Labute approximate surface area is 100 Å². The fraction of sp³-hybridized carbons (Fsp3) is 0.214. The van der Waals surface area contributed by atoms with Gasteiger partial charge in [-0.2, -0.15) is 0 Å². The van der Waals surface area contributed by atoms with Gasteiger partial charge >= 0.3 is 0 Å². The molecule has 2 aromatic rings. The quantitative estimate of drug-likeness (QED) is 0.808. The summed E-state index contributed by atoms with van der Waals surface area (Å²) in [5, 5.41) is 0. The molecule has 1 aromatic carbocycles. The largest absolute Gasteiger partial charge is 0.488 e. The summed E-state index contributed by atoms with van der Waals surface area (Å²) in [4.78, 5) is 11.7. The van der Waals surface area contributed by atoms with Gasteiger partial charge in [0.25, 0.3) is 5.56 Å². The predicted molar refractivity (Wildman–Crippen MR) is 67.2 cm³/mol. The van der Waals surface area contributed by atoms with E-state index in [1.54, 1.807) is 24.7 Å². The van der Waals surface area contributed by atoms with Gasteiger partial charge in [0.15, 0.2) is 0 Å². The second kappa shape index (κ2) is 4.87. The molecular weight excluding hydrogens is 214 g/mol. The minimum absolute atomic E-state index is 0.0180. The lowest BCUT2D eigenvalue weighted by Crippen LogP contribution is -2.19. The lowest BCUT2D eigenvalue weighted by atomic mass is 10.2. The van der Waals surface area contributed by atoms with Crippen molar-refractivity contribution in [2.75, 3.05) is 0 Å². The number of hydrogen-bond acceptors (Lipinski definition) is 2. The van der Waals surface area contributed by atoms with Gasteiger partial charge < -0.3 is 9.30 Å². The highest BCUT2D eigenvalue weighted by molar-refractivity contribution is 5.29. The molecule has 0 atom stereocenters. The number of aryl methyl sites for hydroxylation is 1. The van der Waals surface area contributed by atoms with E-state index in [4.69, 9.17) is 4.74 Å². The Balaban J connectivity index is 2.15. The molecule has 0 amide bonds. The van der Waals surface area contributed by atoms with Gasteiger partial charge in [-0.15, -0.1) is 0 Å². The maximum atomic E-state index is 11.7. The van der Waals surface area contributed by atoms with Crippen LogP contribution in [-0.4, -0.2) is 4.57 Å². The molecule has 0 bridgehead atoms. The molecule has 0 aliphatic carbocycles. The summed E-state index contributed by atoms with van der Waals surface area (Å²) in [5.41, 5.74) is 1.72. The van der Waals surface area contributed by atoms with Crippen molar-refractivity contribution in [3.8, 4) is 5.75 Å². The Hall–Kier alpha value is -2.03. The summed E-state index contributed by atoms with van der Waals surface area (Å²) in [6.07, 6.45) is 1.72. The number of hydrogen-bond donors (Lipinski definition) is 0. The van der Waals surface area contributed by atoms with Gasteiger partial charge in [0, 0.05) is 13.2 Å². The maximum Gasteiger partial charge on any atom is 0.256 e. The van der Waals surface area contributed by atoms with Crippen LogP contribution in [0.25, 0.3) is 0 Å². The summed E-state index contributed by atoms with van der Waals surface area (Å²) >= 11 is 0. The monoisotopic (exact) mass is 229 g/mol. The van der Waals surface area contributed by atoms with Crippen molar-refractivity contribution in [1.29, 1.82) is 0 Å². The molecule has 0 unspecified atom stereocenters. The zero-order valence-corrected chi connectivity index (χ0v) is 10.0. The standard InChI is InChI=1S/C14H15NO2/c1-11-13(8-9-15(2)14(11)16)17-10-12-6-4-3-5-7-12/h3-9H,10H2,1-2H3. The molecule has 0 saturated heterocycles. The van der Waals surface area contributed by atoms with Gasteiger partial charge in [-0.05, 0) is 18.6 Å². The third kappa shape index (κ3) is 2.56. The van der Waals surface area contributed by atoms with Gasteiger partial charge in [0.05, 0.1) is 5.56 Å². The van der Waals surface area contributed by atoms with Gasteiger partial charge in [-0.1, -0.05) is 30.3 Å². The molecule has 0 N–H and O–H groups in total. The summed E-state index contributed by atoms with van der Waals surface area (Å²) in [6.45, 7) is 2.26. The van der Waals surface area contributed by atoms with Crippen molar-refractivity contribution in [1.82, 2.24) is 4.57 Å². The van der Waals surface area contributed by atoms with Crippen LogP contribution in [0.3, 0.4) is 0 Å². The Bertz CT molecular complexity index is 558. The van der Waals surface area contributed by atoms with Crippen molar-refractivity contribution in [2.45, 2.75) is 13.5 Å². The Morgan fingerprint density at radius 2 is 1.88 bits per heavy atom. The first-order valence-electron chi connectivity index (χ1n) is 5.51. The lowest BCUT2D eigenvalue weighted by molar-refractivity contribution is 0.302. The summed E-state index contributed by atoms with van der Waals surface area (Å²) in [7, 11) is 1.73. The van der Waals surface area contributed by atoms with Crippen molar-refractivity contribution >= 4 is 0 Å². The van der Waals surface area contributed by atoms with E-state index in [-0.39, 0.29) is 5.56 Å². The minimum Gasteiger partial charge on any atom is -0.488 e. The number of rotatable bonds is 3. The molecule has 17 heavy (non-hydrogen) atoms. The highest BCUT2D eigenvalue weighted by atomic mass is 16.5. The zero-order chi connectivity index (χ0) is 12.3. The van der Waals surface area contributed by atoms with Crippen LogP contribution >= 0.6 is 0 Å². The van der Waals surface area contributed by atoms with E-state index in [9.17, 15) is 4.79 Å². The second-order valence-corrected chi connectivity index (χ2v) is 4.00. The number of nitrogens with zero attached hydrogens (tertiary/aromatic N) is 1. The first-order valence-corrected chi connectivity index (χ1v) is 5.51. The molecule has 0 radical (unpaired) electrons. The molecule has 0 spiro atoms. The molecule has 3 heteroatoms.